The predicted molar refractivity (Wildman–Crippen MR) is 53.3 cm³/mol. The maximum atomic E-state index is 12.6. The van der Waals surface area contributed by atoms with Crippen molar-refractivity contribution in [2.75, 3.05) is 0 Å². The van der Waals surface area contributed by atoms with E-state index in [1.807, 2.05) is 18.2 Å². The average Bonchev–Trinajstić information content (AvgIpc) is 2.13. The largest absolute Gasteiger partial charge is 0.295 e. The van der Waals surface area contributed by atoms with E-state index in [2.05, 4.69) is 0 Å². The van der Waals surface area contributed by atoms with Crippen LogP contribution in [0.25, 0.3) is 0 Å². The van der Waals surface area contributed by atoms with Crippen LogP contribution in [0.1, 0.15) is 41.6 Å². The third-order valence-electron chi connectivity index (χ3n) is 2.85. The van der Waals surface area contributed by atoms with Gasteiger partial charge in [-0.15, -0.1) is 0 Å². The van der Waals surface area contributed by atoms with Crippen LogP contribution in [0.5, 0.6) is 0 Å². The maximum Gasteiger partial charge on any atom is 0.159 e. The van der Waals surface area contributed by atoms with Gasteiger partial charge < -0.3 is 0 Å². The molecular formula is C12H13FO. The molecule has 0 atom stereocenters. The highest BCUT2D eigenvalue weighted by atomic mass is 19.1. The number of benzene rings is 1. The van der Waals surface area contributed by atoms with E-state index < -0.39 is 6.17 Å². The number of carbonyl (C=O) groups is 1. The lowest BCUT2D eigenvalue weighted by Crippen LogP contribution is -2.22. The Labute approximate surface area is 82.9 Å². The quantitative estimate of drug-likeness (QED) is 0.658. The van der Waals surface area contributed by atoms with E-state index in [0.717, 1.165) is 11.1 Å². The molecule has 0 N–H and O–H groups in total. The fourth-order valence-electron chi connectivity index (χ4n) is 1.83. The normalized spacial score (nSPS) is 25.6. The van der Waals surface area contributed by atoms with Crippen molar-refractivity contribution >= 4 is 5.78 Å². The molecule has 2 heteroatoms. The summed E-state index contributed by atoms with van der Waals surface area (Å²) in [7, 11) is 0. The molecule has 0 saturated heterocycles. The molecule has 14 heavy (non-hydrogen) atoms. The van der Waals surface area contributed by atoms with Crippen LogP contribution >= 0.6 is 0 Å². The van der Waals surface area contributed by atoms with Gasteiger partial charge in [-0.3, -0.25) is 4.79 Å². The molecule has 2 rings (SSSR count). The number of rotatable bonds is 2. The standard InChI is InChI=1S/C12H13FO/c1-8(14)9-3-2-4-10(5-9)11-6-12(13)7-11/h2-5,11-12H,6-7H2,1H3. The molecule has 0 radical (unpaired) electrons. The van der Waals surface area contributed by atoms with Crippen LogP contribution in [0.2, 0.25) is 0 Å². The number of ketones is 1. The van der Waals surface area contributed by atoms with Crippen LogP contribution < -0.4 is 0 Å². The zero-order valence-corrected chi connectivity index (χ0v) is 8.16. The van der Waals surface area contributed by atoms with E-state index in [0.29, 0.717) is 18.8 Å². The number of halogens is 1. The molecule has 0 unspecified atom stereocenters. The Hall–Kier alpha value is -1.18. The number of hydrogen-bond acceptors (Lipinski definition) is 1. The summed E-state index contributed by atoms with van der Waals surface area (Å²) in [5.41, 5.74) is 1.83. The van der Waals surface area contributed by atoms with Crippen molar-refractivity contribution in [2.24, 2.45) is 0 Å². The van der Waals surface area contributed by atoms with Crippen molar-refractivity contribution in [1.29, 1.82) is 0 Å². The zero-order chi connectivity index (χ0) is 10.1. The van der Waals surface area contributed by atoms with E-state index >= 15 is 0 Å². The minimum atomic E-state index is -0.638. The molecule has 1 aromatic rings. The van der Waals surface area contributed by atoms with Crippen LogP contribution in [-0.4, -0.2) is 12.0 Å². The Balaban J connectivity index is 2.18. The smallest absolute Gasteiger partial charge is 0.159 e. The van der Waals surface area contributed by atoms with Crippen LogP contribution in [0, 0.1) is 0 Å². The molecule has 74 valence electrons. The lowest BCUT2D eigenvalue weighted by atomic mass is 9.78. The SMILES string of the molecule is CC(=O)c1cccc(C2CC(F)C2)c1. The first-order valence-corrected chi connectivity index (χ1v) is 4.92. The molecule has 0 aliphatic heterocycles. The first-order valence-electron chi connectivity index (χ1n) is 4.92. The van der Waals surface area contributed by atoms with Gasteiger partial charge in [-0.05, 0) is 37.3 Å². The maximum absolute atomic E-state index is 12.6. The summed E-state index contributed by atoms with van der Waals surface area (Å²) >= 11 is 0. The summed E-state index contributed by atoms with van der Waals surface area (Å²) in [6.07, 6.45) is 0.587. The number of hydrogen-bond donors (Lipinski definition) is 0. The van der Waals surface area contributed by atoms with Gasteiger partial charge in [-0.25, -0.2) is 4.39 Å². The van der Waals surface area contributed by atoms with E-state index in [4.69, 9.17) is 0 Å². The second-order valence-electron chi connectivity index (χ2n) is 3.95. The molecule has 1 nitrogen and oxygen atoms in total. The molecule has 0 aromatic heterocycles. The molecule has 1 aromatic carbocycles. The van der Waals surface area contributed by atoms with Crippen molar-refractivity contribution in [1.82, 2.24) is 0 Å². The highest BCUT2D eigenvalue weighted by Gasteiger charge is 2.30. The second kappa shape index (κ2) is 3.52. The fraction of sp³-hybridized carbons (Fsp3) is 0.417. The molecule has 0 spiro atoms. The van der Waals surface area contributed by atoms with Crippen molar-refractivity contribution in [3.8, 4) is 0 Å². The minimum Gasteiger partial charge on any atom is -0.295 e. The van der Waals surface area contributed by atoms with Crippen molar-refractivity contribution in [3.05, 3.63) is 35.4 Å². The predicted octanol–water partition coefficient (Wildman–Crippen LogP) is 3.10. The minimum absolute atomic E-state index is 0.0722. The van der Waals surface area contributed by atoms with Crippen molar-refractivity contribution < 1.29 is 9.18 Å². The summed E-state index contributed by atoms with van der Waals surface area (Å²) in [5.74, 6) is 0.396. The van der Waals surface area contributed by atoms with E-state index in [-0.39, 0.29) is 5.78 Å². The van der Waals surface area contributed by atoms with E-state index in [9.17, 15) is 9.18 Å². The van der Waals surface area contributed by atoms with E-state index in [1.165, 1.54) is 0 Å². The zero-order valence-electron chi connectivity index (χ0n) is 8.16. The molecule has 0 bridgehead atoms. The van der Waals surface area contributed by atoms with Gasteiger partial charge in [0.1, 0.15) is 6.17 Å². The third-order valence-corrected chi connectivity index (χ3v) is 2.85. The van der Waals surface area contributed by atoms with Gasteiger partial charge in [0.25, 0.3) is 0 Å². The van der Waals surface area contributed by atoms with Gasteiger partial charge >= 0.3 is 0 Å². The highest BCUT2D eigenvalue weighted by Crippen LogP contribution is 2.38. The van der Waals surface area contributed by atoms with Crippen molar-refractivity contribution in [2.45, 2.75) is 31.9 Å². The van der Waals surface area contributed by atoms with Gasteiger partial charge in [0.15, 0.2) is 5.78 Å². The molecule has 0 amide bonds. The van der Waals surface area contributed by atoms with Crippen LogP contribution in [0.15, 0.2) is 24.3 Å². The molecule has 1 aliphatic carbocycles. The monoisotopic (exact) mass is 192 g/mol. The Kier molecular flexibility index (Phi) is 2.36. The molecule has 0 heterocycles. The van der Waals surface area contributed by atoms with E-state index in [1.54, 1.807) is 13.0 Å². The molecular weight excluding hydrogens is 179 g/mol. The Morgan fingerprint density at radius 3 is 2.71 bits per heavy atom. The first-order chi connectivity index (χ1) is 6.66. The van der Waals surface area contributed by atoms with Crippen LogP contribution in [0.4, 0.5) is 4.39 Å². The average molecular weight is 192 g/mol. The summed E-state index contributed by atoms with van der Waals surface area (Å²) < 4.78 is 12.6. The molecule has 1 aliphatic rings. The lowest BCUT2D eigenvalue weighted by molar-refractivity contribution is 0.101. The topological polar surface area (TPSA) is 17.1 Å². The van der Waals surface area contributed by atoms with Gasteiger partial charge in [0.2, 0.25) is 0 Å². The van der Waals surface area contributed by atoms with Crippen molar-refractivity contribution in [3.63, 3.8) is 0 Å². The lowest BCUT2D eigenvalue weighted by Gasteiger charge is -2.30. The Morgan fingerprint density at radius 1 is 1.43 bits per heavy atom. The van der Waals surface area contributed by atoms with Gasteiger partial charge in [0.05, 0.1) is 0 Å². The van der Waals surface area contributed by atoms with Crippen LogP contribution in [-0.2, 0) is 0 Å². The number of Topliss-reactive ketones (excluding diaryl/α,β-unsaturated/α-hetero) is 1. The fourth-order valence-corrected chi connectivity index (χ4v) is 1.83. The summed E-state index contributed by atoms with van der Waals surface area (Å²) in [6, 6.07) is 7.54. The number of alkyl halides is 1. The van der Waals surface area contributed by atoms with Gasteiger partial charge in [-0.2, -0.15) is 0 Å². The molecule has 1 fully saturated rings. The van der Waals surface area contributed by atoms with Gasteiger partial charge in [0, 0.05) is 5.56 Å². The summed E-state index contributed by atoms with van der Waals surface area (Å²) in [6.45, 7) is 1.55. The third kappa shape index (κ3) is 1.69. The Bertz CT molecular complexity index is 353. The molecule has 1 saturated carbocycles. The first kappa shape index (κ1) is 9.38. The number of carbonyl (C=O) groups excluding carboxylic acids is 1. The van der Waals surface area contributed by atoms with Gasteiger partial charge in [-0.1, -0.05) is 18.2 Å². The summed E-state index contributed by atoms with van der Waals surface area (Å²) in [4.78, 5) is 11.1. The Morgan fingerprint density at radius 2 is 2.14 bits per heavy atom. The van der Waals surface area contributed by atoms with Crippen LogP contribution in [0.3, 0.4) is 0 Å². The highest BCUT2D eigenvalue weighted by molar-refractivity contribution is 5.94. The summed E-state index contributed by atoms with van der Waals surface area (Å²) in [5, 5.41) is 0. The second-order valence-corrected chi connectivity index (χ2v) is 3.95.